The van der Waals surface area contributed by atoms with Crippen LogP contribution in [0.15, 0.2) is 60.7 Å². The van der Waals surface area contributed by atoms with Crippen LogP contribution in [0.25, 0.3) is 22.6 Å². The lowest BCUT2D eigenvalue weighted by atomic mass is 10.1. The second-order valence-corrected chi connectivity index (χ2v) is 7.63. The maximum absolute atomic E-state index is 12.6. The number of nitro benzene ring substituents is 1. The van der Waals surface area contributed by atoms with Crippen LogP contribution in [-0.4, -0.2) is 32.6 Å². The quantitative estimate of drug-likeness (QED) is 0.330. The first-order valence-electron chi connectivity index (χ1n) is 10.4. The summed E-state index contributed by atoms with van der Waals surface area (Å²) >= 11 is 0. The maximum atomic E-state index is 12.6. The zero-order valence-corrected chi connectivity index (χ0v) is 18.1. The summed E-state index contributed by atoms with van der Waals surface area (Å²) in [6.07, 6.45) is 0. The SMILES string of the molecule is Cc1cccc(-c2[nH]c(CNC(=O)c3cccc([N+](=O)[O-])c3)nc2-c2ccc3c(c2)OCO3)n1. The second-order valence-electron chi connectivity index (χ2n) is 7.63. The Labute approximate surface area is 193 Å². The van der Waals surface area contributed by atoms with E-state index in [1.807, 2.05) is 43.3 Å². The molecule has 0 atom stereocenters. The number of carbonyl (C=O) groups is 1. The molecule has 1 aliphatic rings. The van der Waals surface area contributed by atoms with Gasteiger partial charge in [-0.25, -0.2) is 4.98 Å². The number of non-ortho nitro benzene ring substituents is 1. The topological polar surface area (TPSA) is 132 Å². The van der Waals surface area contributed by atoms with Crippen LogP contribution in [0.4, 0.5) is 5.69 Å². The number of H-pyrrole nitrogens is 1. The minimum absolute atomic E-state index is 0.0882. The Morgan fingerprint density at radius 2 is 1.91 bits per heavy atom. The summed E-state index contributed by atoms with van der Waals surface area (Å²) < 4.78 is 10.9. The van der Waals surface area contributed by atoms with Crippen molar-refractivity contribution in [2.75, 3.05) is 6.79 Å². The summed E-state index contributed by atoms with van der Waals surface area (Å²) in [7, 11) is 0. The number of nitro groups is 1. The van der Waals surface area contributed by atoms with Gasteiger partial charge in [-0.1, -0.05) is 12.1 Å². The first kappa shape index (κ1) is 21.1. The summed E-state index contributed by atoms with van der Waals surface area (Å²) in [6, 6.07) is 16.8. The number of hydrogen-bond acceptors (Lipinski definition) is 7. The van der Waals surface area contributed by atoms with Crippen molar-refractivity contribution in [1.29, 1.82) is 0 Å². The lowest BCUT2D eigenvalue weighted by Gasteiger charge is -2.04. The van der Waals surface area contributed by atoms with E-state index >= 15 is 0 Å². The summed E-state index contributed by atoms with van der Waals surface area (Å²) in [5.41, 5.74) is 3.75. The van der Waals surface area contributed by atoms with Crippen LogP contribution in [0.5, 0.6) is 11.5 Å². The first-order valence-corrected chi connectivity index (χ1v) is 10.4. The Morgan fingerprint density at radius 1 is 1.09 bits per heavy atom. The Kier molecular flexibility index (Phi) is 5.38. The minimum atomic E-state index is -0.540. The molecule has 4 aromatic rings. The van der Waals surface area contributed by atoms with Gasteiger partial charge in [0, 0.05) is 29.0 Å². The van der Waals surface area contributed by atoms with Gasteiger partial charge in [0.2, 0.25) is 6.79 Å². The first-order chi connectivity index (χ1) is 16.5. The van der Waals surface area contributed by atoms with E-state index in [-0.39, 0.29) is 24.6 Å². The van der Waals surface area contributed by atoms with Gasteiger partial charge in [-0.15, -0.1) is 0 Å². The molecular weight excluding hydrogens is 438 g/mol. The van der Waals surface area contributed by atoms with E-state index in [2.05, 4.69) is 15.3 Å². The number of amides is 1. The molecule has 0 saturated heterocycles. The van der Waals surface area contributed by atoms with E-state index in [9.17, 15) is 14.9 Å². The number of aromatic nitrogens is 3. The third kappa shape index (κ3) is 4.16. The molecule has 0 unspecified atom stereocenters. The van der Waals surface area contributed by atoms with Gasteiger partial charge in [0.25, 0.3) is 11.6 Å². The van der Waals surface area contributed by atoms with Gasteiger partial charge in [-0.05, 0) is 43.3 Å². The molecule has 3 heterocycles. The zero-order chi connectivity index (χ0) is 23.7. The monoisotopic (exact) mass is 457 g/mol. The van der Waals surface area contributed by atoms with Crippen LogP contribution in [-0.2, 0) is 6.54 Å². The van der Waals surface area contributed by atoms with Crippen molar-refractivity contribution < 1.29 is 19.2 Å². The maximum Gasteiger partial charge on any atom is 0.270 e. The van der Waals surface area contributed by atoms with Crippen LogP contribution in [0.2, 0.25) is 0 Å². The third-order valence-corrected chi connectivity index (χ3v) is 5.28. The fourth-order valence-corrected chi connectivity index (χ4v) is 3.65. The Bertz CT molecular complexity index is 1410. The molecule has 10 nitrogen and oxygen atoms in total. The lowest BCUT2D eigenvalue weighted by Crippen LogP contribution is -2.23. The van der Waals surface area contributed by atoms with Crippen molar-refractivity contribution in [3.63, 3.8) is 0 Å². The average molecular weight is 457 g/mol. The predicted molar refractivity (Wildman–Crippen MR) is 122 cm³/mol. The Balaban J connectivity index is 1.45. The van der Waals surface area contributed by atoms with Crippen molar-refractivity contribution in [2.45, 2.75) is 13.5 Å². The number of aryl methyl sites for hydroxylation is 1. The molecule has 0 saturated carbocycles. The van der Waals surface area contributed by atoms with Gasteiger partial charge in [-0.2, -0.15) is 0 Å². The number of benzene rings is 2. The molecule has 0 radical (unpaired) electrons. The lowest BCUT2D eigenvalue weighted by molar-refractivity contribution is -0.384. The second kappa shape index (κ2) is 8.66. The number of nitrogens with one attached hydrogen (secondary N) is 2. The predicted octanol–water partition coefficient (Wildman–Crippen LogP) is 4.01. The molecule has 10 heteroatoms. The fraction of sp³-hybridized carbons (Fsp3) is 0.125. The van der Waals surface area contributed by atoms with Crippen LogP contribution >= 0.6 is 0 Å². The zero-order valence-electron chi connectivity index (χ0n) is 18.1. The Morgan fingerprint density at radius 3 is 2.74 bits per heavy atom. The molecule has 2 N–H and O–H groups in total. The summed E-state index contributed by atoms with van der Waals surface area (Å²) in [5, 5.41) is 13.8. The van der Waals surface area contributed by atoms with E-state index in [4.69, 9.17) is 14.5 Å². The molecule has 0 aliphatic carbocycles. The minimum Gasteiger partial charge on any atom is -0.454 e. The highest BCUT2D eigenvalue weighted by Crippen LogP contribution is 2.38. The van der Waals surface area contributed by atoms with E-state index in [1.54, 1.807) is 0 Å². The molecule has 0 fully saturated rings. The standard InChI is InChI=1S/C24H19N5O5/c1-14-4-2-7-18(26-14)23-22(15-8-9-19-20(11-15)34-13-33-19)27-21(28-23)12-25-24(30)16-5-3-6-17(10-16)29(31)32/h2-11H,12-13H2,1H3,(H,25,30)(H,27,28). The molecular formula is C24H19N5O5. The van der Waals surface area contributed by atoms with Crippen molar-refractivity contribution in [2.24, 2.45) is 0 Å². The molecule has 170 valence electrons. The van der Waals surface area contributed by atoms with Gasteiger partial charge in [-0.3, -0.25) is 19.9 Å². The van der Waals surface area contributed by atoms with Gasteiger partial charge < -0.3 is 19.8 Å². The highest BCUT2D eigenvalue weighted by Gasteiger charge is 2.20. The van der Waals surface area contributed by atoms with Crippen LogP contribution in [0.3, 0.4) is 0 Å². The summed E-state index contributed by atoms with van der Waals surface area (Å²) in [5.74, 6) is 1.35. The number of imidazole rings is 1. The number of fused-ring (bicyclic) bond motifs is 1. The Hall–Kier alpha value is -4.73. The van der Waals surface area contributed by atoms with Crippen molar-refractivity contribution in [3.8, 4) is 34.1 Å². The van der Waals surface area contributed by atoms with Gasteiger partial charge in [0.1, 0.15) is 5.82 Å². The number of carbonyl (C=O) groups excluding carboxylic acids is 1. The van der Waals surface area contributed by atoms with Gasteiger partial charge in [0.15, 0.2) is 11.5 Å². The molecule has 1 amide bonds. The van der Waals surface area contributed by atoms with E-state index in [0.29, 0.717) is 34.4 Å². The van der Waals surface area contributed by atoms with Crippen molar-refractivity contribution in [3.05, 3.63) is 87.9 Å². The average Bonchev–Trinajstić information content (AvgIpc) is 3.49. The van der Waals surface area contributed by atoms with Gasteiger partial charge >= 0.3 is 0 Å². The van der Waals surface area contributed by atoms with Crippen LogP contribution in [0.1, 0.15) is 21.9 Å². The number of rotatable bonds is 6. The smallest absolute Gasteiger partial charge is 0.270 e. The van der Waals surface area contributed by atoms with Crippen molar-refractivity contribution >= 4 is 11.6 Å². The van der Waals surface area contributed by atoms with Gasteiger partial charge in [0.05, 0.1) is 28.5 Å². The number of nitrogens with zero attached hydrogens (tertiary/aromatic N) is 3. The summed E-state index contributed by atoms with van der Waals surface area (Å²) in [6.45, 7) is 2.16. The van der Waals surface area contributed by atoms with Crippen molar-refractivity contribution in [1.82, 2.24) is 20.3 Å². The highest BCUT2D eigenvalue weighted by molar-refractivity contribution is 5.94. The molecule has 5 rings (SSSR count). The number of pyridine rings is 1. The van der Waals surface area contributed by atoms with Crippen LogP contribution < -0.4 is 14.8 Å². The summed E-state index contributed by atoms with van der Waals surface area (Å²) in [4.78, 5) is 35.6. The van der Waals surface area contributed by atoms with Crippen LogP contribution in [0, 0.1) is 17.0 Å². The van der Waals surface area contributed by atoms with E-state index in [1.165, 1.54) is 24.3 Å². The molecule has 0 spiro atoms. The molecule has 2 aromatic carbocycles. The van der Waals surface area contributed by atoms with E-state index < -0.39 is 10.8 Å². The molecule has 34 heavy (non-hydrogen) atoms. The highest BCUT2D eigenvalue weighted by atomic mass is 16.7. The third-order valence-electron chi connectivity index (χ3n) is 5.28. The number of ether oxygens (including phenoxy) is 2. The molecule has 2 aromatic heterocycles. The number of aromatic amines is 1. The van der Waals surface area contributed by atoms with E-state index in [0.717, 1.165) is 11.3 Å². The normalized spacial score (nSPS) is 11.9. The fourth-order valence-electron chi connectivity index (χ4n) is 3.65. The largest absolute Gasteiger partial charge is 0.454 e. The number of hydrogen-bond donors (Lipinski definition) is 2. The molecule has 1 aliphatic heterocycles. The molecule has 0 bridgehead atoms.